The van der Waals surface area contributed by atoms with Gasteiger partial charge in [-0.15, -0.1) is 0 Å². The Bertz CT molecular complexity index is 882. The molecule has 0 unspecified atom stereocenters. The van der Waals surface area contributed by atoms with Gasteiger partial charge in [0.05, 0.1) is 19.9 Å². The van der Waals surface area contributed by atoms with Crippen LogP contribution in [0.15, 0.2) is 53.3 Å². The van der Waals surface area contributed by atoms with Crippen LogP contribution in [-0.2, 0) is 7.05 Å². The summed E-state index contributed by atoms with van der Waals surface area (Å²) in [4.78, 5) is 12.3. The van der Waals surface area contributed by atoms with Crippen molar-refractivity contribution in [2.24, 2.45) is 7.05 Å². The highest BCUT2D eigenvalue weighted by atomic mass is 16.5. The summed E-state index contributed by atoms with van der Waals surface area (Å²) in [5.74, 6) is 1.35. The molecular weight excluding hydrogens is 278 g/mol. The topological polar surface area (TPSA) is 40.5 Å². The minimum atomic E-state index is -0.0679. The van der Waals surface area contributed by atoms with Gasteiger partial charge in [0.1, 0.15) is 11.5 Å². The summed E-state index contributed by atoms with van der Waals surface area (Å²) in [6.07, 6.45) is 0. The monoisotopic (exact) mass is 295 g/mol. The fourth-order valence-corrected chi connectivity index (χ4v) is 2.70. The molecule has 0 spiro atoms. The molecule has 0 radical (unpaired) electrons. The van der Waals surface area contributed by atoms with E-state index in [2.05, 4.69) is 0 Å². The molecule has 4 heteroatoms. The van der Waals surface area contributed by atoms with Gasteiger partial charge in [0.2, 0.25) is 0 Å². The summed E-state index contributed by atoms with van der Waals surface area (Å²) in [7, 11) is 4.99. The van der Waals surface area contributed by atoms with Crippen molar-refractivity contribution in [1.82, 2.24) is 4.57 Å². The van der Waals surface area contributed by atoms with Gasteiger partial charge >= 0.3 is 0 Å². The third kappa shape index (κ3) is 2.22. The normalized spacial score (nSPS) is 10.7. The molecule has 0 bridgehead atoms. The minimum Gasteiger partial charge on any atom is -0.497 e. The third-order valence-electron chi connectivity index (χ3n) is 3.79. The van der Waals surface area contributed by atoms with Crippen LogP contribution >= 0.6 is 0 Å². The van der Waals surface area contributed by atoms with Crippen molar-refractivity contribution >= 4 is 10.8 Å². The summed E-state index contributed by atoms with van der Waals surface area (Å²) in [6.45, 7) is 0. The number of hydrogen-bond acceptors (Lipinski definition) is 3. The fraction of sp³-hybridized carbons (Fsp3) is 0.167. The van der Waals surface area contributed by atoms with Crippen molar-refractivity contribution < 1.29 is 9.47 Å². The van der Waals surface area contributed by atoms with Crippen LogP contribution in [-0.4, -0.2) is 18.8 Å². The minimum absolute atomic E-state index is 0.0679. The molecule has 0 saturated heterocycles. The van der Waals surface area contributed by atoms with E-state index in [0.717, 1.165) is 22.0 Å². The second-order valence-corrected chi connectivity index (χ2v) is 5.05. The Morgan fingerprint density at radius 1 is 0.955 bits per heavy atom. The number of pyridine rings is 1. The zero-order valence-electron chi connectivity index (χ0n) is 12.8. The van der Waals surface area contributed by atoms with Crippen LogP contribution in [0.3, 0.4) is 0 Å². The van der Waals surface area contributed by atoms with Crippen molar-refractivity contribution in [3.63, 3.8) is 0 Å². The molecular formula is C18H17NO3. The Morgan fingerprint density at radius 3 is 2.32 bits per heavy atom. The third-order valence-corrected chi connectivity index (χ3v) is 3.79. The number of rotatable bonds is 3. The first-order valence-electron chi connectivity index (χ1n) is 6.97. The van der Waals surface area contributed by atoms with Crippen LogP contribution < -0.4 is 15.0 Å². The Hall–Kier alpha value is -2.75. The predicted octanol–water partition coefficient (Wildman–Crippen LogP) is 3.22. The van der Waals surface area contributed by atoms with Crippen molar-refractivity contribution in [2.75, 3.05) is 14.2 Å². The van der Waals surface area contributed by atoms with Crippen molar-refractivity contribution in [2.45, 2.75) is 0 Å². The van der Waals surface area contributed by atoms with Gasteiger partial charge in [-0.2, -0.15) is 0 Å². The average Bonchev–Trinajstić information content (AvgIpc) is 2.56. The van der Waals surface area contributed by atoms with E-state index in [4.69, 9.17) is 9.47 Å². The number of hydrogen-bond donors (Lipinski definition) is 0. The van der Waals surface area contributed by atoms with Crippen molar-refractivity contribution in [3.05, 3.63) is 58.9 Å². The maximum Gasteiger partial charge on any atom is 0.251 e. The lowest BCUT2D eigenvalue weighted by molar-refractivity contribution is 0.398. The lowest BCUT2D eigenvalue weighted by Crippen LogP contribution is -2.17. The molecule has 0 amide bonds. The van der Waals surface area contributed by atoms with E-state index < -0.39 is 0 Å². The largest absolute Gasteiger partial charge is 0.497 e. The molecule has 0 atom stereocenters. The van der Waals surface area contributed by atoms with E-state index in [0.29, 0.717) is 11.5 Å². The standard InChI is InChI=1S/C18H17NO3/c1-19-16(20)10-13-9-14(21-2)11-15(22-3)17(13)18(19)12-7-5-4-6-8-12/h4-11H,1-3H3. The van der Waals surface area contributed by atoms with E-state index in [1.807, 2.05) is 42.5 Å². The lowest BCUT2D eigenvalue weighted by Gasteiger charge is -2.16. The second kappa shape index (κ2) is 5.56. The highest BCUT2D eigenvalue weighted by molar-refractivity contribution is 6.00. The van der Waals surface area contributed by atoms with Gasteiger partial charge in [-0.05, 0) is 17.0 Å². The van der Waals surface area contributed by atoms with Crippen LogP contribution in [0.5, 0.6) is 11.5 Å². The smallest absolute Gasteiger partial charge is 0.251 e. The van der Waals surface area contributed by atoms with Gasteiger partial charge < -0.3 is 14.0 Å². The number of methoxy groups -OCH3 is 2. The van der Waals surface area contributed by atoms with Crippen LogP contribution in [0.1, 0.15) is 0 Å². The Balaban J connectivity index is 2.49. The van der Waals surface area contributed by atoms with E-state index in [1.165, 1.54) is 0 Å². The summed E-state index contributed by atoms with van der Waals surface area (Å²) >= 11 is 0. The predicted molar refractivity (Wildman–Crippen MR) is 87.7 cm³/mol. The van der Waals surface area contributed by atoms with E-state index in [1.54, 1.807) is 31.9 Å². The summed E-state index contributed by atoms with van der Waals surface area (Å²) in [5.41, 5.74) is 1.74. The average molecular weight is 295 g/mol. The number of fused-ring (bicyclic) bond motifs is 1. The van der Waals surface area contributed by atoms with Gasteiger partial charge in [0.25, 0.3) is 5.56 Å². The first kappa shape index (κ1) is 14.2. The van der Waals surface area contributed by atoms with E-state index in [9.17, 15) is 4.79 Å². The maximum atomic E-state index is 12.3. The molecule has 1 heterocycles. The van der Waals surface area contributed by atoms with E-state index >= 15 is 0 Å². The molecule has 2 aromatic carbocycles. The second-order valence-electron chi connectivity index (χ2n) is 5.05. The van der Waals surface area contributed by atoms with E-state index in [-0.39, 0.29) is 5.56 Å². The summed E-state index contributed by atoms with van der Waals surface area (Å²) in [5, 5.41) is 1.70. The van der Waals surface area contributed by atoms with Gasteiger partial charge in [-0.1, -0.05) is 30.3 Å². The van der Waals surface area contributed by atoms with Gasteiger partial charge in [0.15, 0.2) is 0 Å². The molecule has 3 rings (SSSR count). The summed E-state index contributed by atoms with van der Waals surface area (Å²) in [6, 6.07) is 15.1. The first-order chi connectivity index (χ1) is 10.7. The number of benzene rings is 2. The highest BCUT2D eigenvalue weighted by Crippen LogP contribution is 2.36. The van der Waals surface area contributed by atoms with Crippen LogP contribution in [0.2, 0.25) is 0 Å². The zero-order chi connectivity index (χ0) is 15.7. The Kier molecular flexibility index (Phi) is 3.59. The van der Waals surface area contributed by atoms with Crippen LogP contribution in [0.25, 0.3) is 22.0 Å². The Morgan fingerprint density at radius 2 is 1.68 bits per heavy atom. The molecule has 0 aliphatic heterocycles. The number of nitrogens with zero attached hydrogens (tertiary/aromatic N) is 1. The molecule has 0 saturated carbocycles. The molecule has 0 N–H and O–H groups in total. The lowest BCUT2D eigenvalue weighted by atomic mass is 10.0. The fourth-order valence-electron chi connectivity index (χ4n) is 2.70. The molecule has 22 heavy (non-hydrogen) atoms. The van der Waals surface area contributed by atoms with Crippen LogP contribution in [0, 0.1) is 0 Å². The number of aromatic nitrogens is 1. The SMILES string of the molecule is COc1cc(OC)c2c(-c3ccccc3)n(C)c(=O)cc2c1. The molecule has 112 valence electrons. The summed E-state index contributed by atoms with van der Waals surface area (Å²) < 4.78 is 12.5. The molecule has 4 nitrogen and oxygen atoms in total. The van der Waals surface area contributed by atoms with Crippen LogP contribution in [0.4, 0.5) is 0 Å². The van der Waals surface area contributed by atoms with Crippen molar-refractivity contribution in [1.29, 1.82) is 0 Å². The molecule has 3 aromatic rings. The van der Waals surface area contributed by atoms with Gasteiger partial charge in [0, 0.05) is 24.6 Å². The highest BCUT2D eigenvalue weighted by Gasteiger charge is 2.15. The van der Waals surface area contributed by atoms with Crippen molar-refractivity contribution in [3.8, 4) is 22.8 Å². The van der Waals surface area contributed by atoms with Gasteiger partial charge in [-0.3, -0.25) is 4.79 Å². The van der Waals surface area contributed by atoms with Gasteiger partial charge in [-0.25, -0.2) is 0 Å². The molecule has 0 aliphatic carbocycles. The first-order valence-corrected chi connectivity index (χ1v) is 6.97. The zero-order valence-corrected chi connectivity index (χ0v) is 12.8. The quantitative estimate of drug-likeness (QED) is 0.745. The molecule has 1 aromatic heterocycles. The number of ether oxygens (including phenoxy) is 2. The molecule has 0 fully saturated rings. The molecule has 0 aliphatic rings. The Labute approximate surface area is 128 Å². The maximum absolute atomic E-state index is 12.3.